The maximum absolute atomic E-state index is 10.1. The molecular weight excluding hydrogens is 372 g/mol. The van der Waals surface area contributed by atoms with Gasteiger partial charge in [0, 0.05) is 6.42 Å². The monoisotopic (exact) mass is 414 g/mol. The second kappa shape index (κ2) is 9.14. The summed E-state index contributed by atoms with van der Waals surface area (Å²) in [5, 5.41) is 30.2. The maximum atomic E-state index is 10.1. The first-order valence-electron chi connectivity index (χ1n) is 11.9. The van der Waals surface area contributed by atoms with E-state index in [0.29, 0.717) is 29.2 Å². The largest absolute Gasteiger partial charge is 0.390 e. The first-order valence-corrected chi connectivity index (χ1v) is 11.9. The molecule has 30 heavy (non-hydrogen) atoms. The lowest BCUT2D eigenvalue weighted by atomic mass is 9.62. The fourth-order valence-electron chi connectivity index (χ4n) is 6.30. The van der Waals surface area contributed by atoms with Crippen LogP contribution in [0.3, 0.4) is 0 Å². The van der Waals surface area contributed by atoms with Gasteiger partial charge in [-0.25, -0.2) is 0 Å². The Morgan fingerprint density at radius 1 is 1.27 bits per heavy atom. The van der Waals surface area contributed by atoms with E-state index in [1.807, 2.05) is 19.9 Å². The molecule has 1 fully saturated rings. The van der Waals surface area contributed by atoms with Crippen molar-refractivity contribution in [1.82, 2.24) is 0 Å². The molecule has 3 heteroatoms. The van der Waals surface area contributed by atoms with Crippen molar-refractivity contribution in [2.75, 3.05) is 0 Å². The number of allylic oxidation sites excluding steroid dienone is 4. The van der Waals surface area contributed by atoms with Gasteiger partial charge in [-0.15, -0.1) is 0 Å². The molecule has 3 aliphatic carbocycles. The van der Waals surface area contributed by atoms with Crippen LogP contribution in [-0.2, 0) is 0 Å². The summed E-state index contributed by atoms with van der Waals surface area (Å²) in [4.78, 5) is 0. The molecule has 0 aromatic carbocycles. The highest BCUT2D eigenvalue weighted by atomic mass is 16.3. The fraction of sp³-hybridized carbons (Fsp3) is 0.704. The highest BCUT2D eigenvalue weighted by Crippen LogP contribution is 2.58. The van der Waals surface area contributed by atoms with Crippen LogP contribution in [0.5, 0.6) is 0 Å². The predicted octanol–water partition coefficient (Wildman–Crippen LogP) is 5.48. The van der Waals surface area contributed by atoms with Gasteiger partial charge in [-0.3, -0.25) is 0 Å². The molecule has 0 unspecified atom stereocenters. The van der Waals surface area contributed by atoms with Crippen molar-refractivity contribution in [2.45, 2.75) is 96.9 Å². The number of aliphatic hydroxyl groups is 3. The molecule has 3 N–H and O–H groups in total. The van der Waals surface area contributed by atoms with Gasteiger partial charge >= 0.3 is 0 Å². The molecular formula is C27H42O3. The van der Waals surface area contributed by atoms with E-state index in [1.165, 1.54) is 31.3 Å². The minimum atomic E-state index is -0.750. The average molecular weight is 415 g/mol. The zero-order valence-electron chi connectivity index (χ0n) is 19.4. The Morgan fingerprint density at radius 3 is 2.67 bits per heavy atom. The summed E-state index contributed by atoms with van der Waals surface area (Å²) in [5.41, 5.74) is 2.70. The van der Waals surface area contributed by atoms with Crippen molar-refractivity contribution in [1.29, 1.82) is 0 Å². The third-order valence-corrected chi connectivity index (χ3v) is 8.11. The van der Waals surface area contributed by atoms with Crippen molar-refractivity contribution in [3.8, 4) is 0 Å². The van der Waals surface area contributed by atoms with Crippen LogP contribution in [0.25, 0.3) is 0 Å². The van der Waals surface area contributed by atoms with E-state index in [-0.39, 0.29) is 0 Å². The first-order chi connectivity index (χ1) is 14.0. The van der Waals surface area contributed by atoms with E-state index < -0.39 is 17.8 Å². The lowest BCUT2D eigenvalue weighted by molar-refractivity contribution is 0.0613. The summed E-state index contributed by atoms with van der Waals surface area (Å²) < 4.78 is 0. The van der Waals surface area contributed by atoms with Gasteiger partial charge in [-0.2, -0.15) is 0 Å². The zero-order valence-corrected chi connectivity index (χ0v) is 19.4. The molecule has 3 aliphatic rings. The van der Waals surface area contributed by atoms with E-state index in [4.69, 9.17) is 0 Å². The average Bonchev–Trinajstić information content (AvgIpc) is 3.00. The third-order valence-electron chi connectivity index (χ3n) is 8.11. The van der Waals surface area contributed by atoms with Gasteiger partial charge in [-0.05, 0) is 91.9 Å². The Hall–Kier alpha value is -1.16. The molecule has 0 aliphatic heterocycles. The van der Waals surface area contributed by atoms with Crippen molar-refractivity contribution in [2.24, 2.45) is 23.2 Å². The number of hydrogen-bond donors (Lipinski definition) is 3. The topological polar surface area (TPSA) is 60.7 Å². The minimum Gasteiger partial charge on any atom is -0.390 e. The Morgan fingerprint density at radius 2 is 2.00 bits per heavy atom. The van der Waals surface area contributed by atoms with Crippen LogP contribution in [0.2, 0.25) is 0 Å². The van der Waals surface area contributed by atoms with Gasteiger partial charge in [0.25, 0.3) is 0 Å². The van der Waals surface area contributed by atoms with Crippen LogP contribution < -0.4 is 0 Å². The van der Waals surface area contributed by atoms with Crippen molar-refractivity contribution < 1.29 is 15.3 Å². The molecule has 168 valence electrons. The molecule has 0 spiro atoms. The molecule has 1 saturated carbocycles. The molecule has 0 aromatic rings. The normalized spacial score (nSPS) is 35.9. The quantitative estimate of drug-likeness (QED) is 0.483. The summed E-state index contributed by atoms with van der Waals surface area (Å²) in [6, 6.07) is 0. The smallest absolute Gasteiger partial charge is 0.0959 e. The van der Waals surface area contributed by atoms with Crippen LogP contribution in [0.1, 0.15) is 79.1 Å². The van der Waals surface area contributed by atoms with Crippen LogP contribution in [0.15, 0.2) is 47.6 Å². The van der Waals surface area contributed by atoms with Crippen molar-refractivity contribution >= 4 is 0 Å². The van der Waals surface area contributed by atoms with Gasteiger partial charge in [0.2, 0.25) is 0 Å². The molecule has 0 amide bonds. The number of rotatable bonds is 7. The summed E-state index contributed by atoms with van der Waals surface area (Å²) >= 11 is 0. The molecule has 0 radical (unpaired) electrons. The van der Waals surface area contributed by atoms with Gasteiger partial charge in [0.15, 0.2) is 0 Å². The van der Waals surface area contributed by atoms with Crippen LogP contribution >= 0.6 is 0 Å². The predicted molar refractivity (Wildman–Crippen MR) is 124 cm³/mol. The number of fused-ring (bicyclic) bond motifs is 1. The summed E-state index contributed by atoms with van der Waals surface area (Å²) in [5.74, 6) is 2.02. The Balaban J connectivity index is 1.66. The molecule has 0 bridgehead atoms. The molecule has 3 nitrogen and oxygen atoms in total. The Bertz CT molecular complexity index is 723. The highest BCUT2D eigenvalue weighted by molar-refractivity contribution is 5.38. The van der Waals surface area contributed by atoms with Gasteiger partial charge in [0.1, 0.15) is 0 Å². The van der Waals surface area contributed by atoms with Crippen LogP contribution in [-0.4, -0.2) is 33.1 Å². The fourth-order valence-corrected chi connectivity index (χ4v) is 6.30. The SMILES string of the molecule is C=C1[C@H](O)C=C(/C=C/C2=CCC[C@@]3(C)[C@@H]2CC[C@@H]3[C@H](C)CCCC(C)(C)O)C[C@H]1O. The van der Waals surface area contributed by atoms with E-state index in [0.717, 1.165) is 30.8 Å². The second-order valence-electron chi connectivity index (χ2n) is 11.0. The second-order valence-corrected chi connectivity index (χ2v) is 11.0. The van der Waals surface area contributed by atoms with Crippen LogP contribution in [0, 0.1) is 23.2 Å². The lowest BCUT2D eigenvalue weighted by Gasteiger charge is -2.43. The Labute approximate surface area is 183 Å². The number of aliphatic hydroxyl groups excluding tert-OH is 2. The standard InChI is InChI=1S/C27H42O3/c1-18(8-6-14-26(3,4)30)22-12-13-23-21(9-7-15-27(22,23)5)11-10-20-16-24(28)19(2)25(29)17-20/h9-11,16,18,22-25,28-30H,2,6-8,12-15,17H2,1,3-5H3/b11-10+/t18-,22-,23-,24-,25-,27-/m1/s1. The zero-order chi connectivity index (χ0) is 22.1. The molecule has 6 atom stereocenters. The van der Waals surface area contributed by atoms with E-state index in [2.05, 4.69) is 38.7 Å². The highest BCUT2D eigenvalue weighted by Gasteiger charge is 2.49. The lowest BCUT2D eigenvalue weighted by Crippen LogP contribution is -2.35. The maximum Gasteiger partial charge on any atom is 0.0959 e. The van der Waals surface area contributed by atoms with E-state index in [9.17, 15) is 15.3 Å². The first kappa shape index (κ1) is 23.5. The van der Waals surface area contributed by atoms with Crippen molar-refractivity contribution in [3.63, 3.8) is 0 Å². The van der Waals surface area contributed by atoms with Gasteiger partial charge < -0.3 is 15.3 Å². The molecule has 0 saturated heterocycles. The molecule has 0 heterocycles. The van der Waals surface area contributed by atoms with Crippen molar-refractivity contribution in [3.05, 3.63) is 47.6 Å². The van der Waals surface area contributed by atoms with E-state index >= 15 is 0 Å². The number of hydrogen-bond acceptors (Lipinski definition) is 3. The van der Waals surface area contributed by atoms with E-state index in [1.54, 1.807) is 0 Å². The van der Waals surface area contributed by atoms with Gasteiger partial charge in [-0.1, -0.05) is 51.5 Å². The third kappa shape index (κ3) is 5.18. The summed E-state index contributed by atoms with van der Waals surface area (Å²) in [6.07, 6.45) is 15.7. The summed E-state index contributed by atoms with van der Waals surface area (Å²) in [7, 11) is 0. The van der Waals surface area contributed by atoms with Gasteiger partial charge in [0.05, 0.1) is 17.8 Å². The van der Waals surface area contributed by atoms with Crippen LogP contribution in [0.4, 0.5) is 0 Å². The minimum absolute atomic E-state index is 0.344. The molecule has 0 aromatic heterocycles. The molecule has 3 rings (SSSR count). The Kier molecular flexibility index (Phi) is 7.16. The summed E-state index contributed by atoms with van der Waals surface area (Å²) in [6.45, 7) is 12.5.